The average molecular weight is 287 g/mol. The monoisotopic (exact) mass is 286 g/mol. The topological polar surface area (TPSA) is 92.4 Å². The number of rotatable bonds is 1. The number of nitrogens with one attached hydrogen (secondary N) is 1. The average Bonchev–Trinajstić information content (AvgIpc) is 2.23. The molecule has 2 atom stereocenters. The SMILES string of the molecule is Br.NC1C(=O)NC(C(=O)O)c2ccccc21. The van der Waals surface area contributed by atoms with Crippen molar-refractivity contribution in [3.63, 3.8) is 0 Å². The third kappa shape index (κ3) is 1.94. The minimum absolute atomic E-state index is 0. The van der Waals surface area contributed by atoms with E-state index in [2.05, 4.69) is 5.32 Å². The van der Waals surface area contributed by atoms with Crippen molar-refractivity contribution in [3.8, 4) is 0 Å². The van der Waals surface area contributed by atoms with Gasteiger partial charge in [0.1, 0.15) is 6.04 Å². The molecular formula is C10H11BrN2O3. The van der Waals surface area contributed by atoms with Crippen molar-refractivity contribution in [2.45, 2.75) is 12.1 Å². The van der Waals surface area contributed by atoms with E-state index in [-0.39, 0.29) is 17.0 Å². The van der Waals surface area contributed by atoms with E-state index in [0.29, 0.717) is 11.1 Å². The highest BCUT2D eigenvalue weighted by atomic mass is 79.9. The van der Waals surface area contributed by atoms with Gasteiger partial charge in [-0.3, -0.25) is 4.79 Å². The standard InChI is InChI=1S/C10H10N2O3.BrH/c11-7-5-3-1-2-4-6(5)8(10(14)15)12-9(7)13;/h1-4,7-8H,11H2,(H,12,13)(H,14,15);1H. The fraction of sp³-hybridized carbons (Fsp3) is 0.200. The Kier molecular flexibility index (Phi) is 3.66. The van der Waals surface area contributed by atoms with Gasteiger partial charge in [-0.1, -0.05) is 24.3 Å². The van der Waals surface area contributed by atoms with Crippen molar-refractivity contribution in [1.82, 2.24) is 5.32 Å². The zero-order valence-electron chi connectivity index (χ0n) is 8.21. The maximum atomic E-state index is 11.4. The maximum absolute atomic E-state index is 11.4. The second kappa shape index (κ2) is 4.63. The summed E-state index contributed by atoms with van der Waals surface area (Å²) < 4.78 is 0. The van der Waals surface area contributed by atoms with E-state index in [0.717, 1.165) is 0 Å². The number of aliphatic carboxylic acids is 1. The van der Waals surface area contributed by atoms with E-state index in [1.54, 1.807) is 24.3 Å². The van der Waals surface area contributed by atoms with Crippen molar-refractivity contribution in [1.29, 1.82) is 0 Å². The maximum Gasteiger partial charge on any atom is 0.330 e. The summed E-state index contributed by atoms with van der Waals surface area (Å²) in [5.74, 6) is -1.54. The van der Waals surface area contributed by atoms with Crippen LogP contribution in [0.2, 0.25) is 0 Å². The lowest BCUT2D eigenvalue weighted by molar-refractivity contribution is -0.142. The number of benzene rings is 1. The van der Waals surface area contributed by atoms with Gasteiger partial charge < -0.3 is 16.2 Å². The molecule has 1 aromatic carbocycles. The van der Waals surface area contributed by atoms with Crippen LogP contribution in [0.3, 0.4) is 0 Å². The van der Waals surface area contributed by atoms with Crippen molar-refractivity contribution < 1.29 is 14.7 Å². The first kappa shape index (κ1) is 12.7. The van der Waals surface area contributed by atoms with Crippen LogP contribution in [0.4, 0.5) is 0 Å². The van der Waals surface area contributed by atoms with Gasteiger partial charge in [-0.2, -0.15) is 0 Å². The second-order valence-corrected chi connectivity index (χ2v) is 3.39. The summed E-state index contributed by atoms with van der Waals surface area (Å²) in [6.07, 6.45) is 0. The minimum Gasteiger partial charge on any atom is -0.479 e. The van der Waals surface area contributed by atoms with Gasteiger partial charge in [0.2, 0.25) is 5.91 Å². The summed E-state index contributed by atoms with van der Waals surface area (Å²) >= 11 is 0. The molecule has 0 saturated carbocycles. The molecule has 2 unspecified atom stereocenters. The first-order valence-electron chi connectivity index (χ1n) is 4.49. The van der Waals surface area contributed by atoms with Crippen molar-refractivity contribution >= 4 is 28.9 Å². The molecule has 2 rings (SSSR count). The Labute approximate surface area is 102 Å². The molecule has 0 aliphatic carbocycles. The molecule has 5 nitrogen and oxygen atoms in total. The molecule has 16 heavy (non-hydrogen) atoms. The number of carbonyl (C=O) groups excluding carboxylic acids is 1. The van der Waals surface area contributed by atoms with E-state index in [1.807, 2.05) is 0 Å². The highest BCUT2D eigenvalue weighted by molar-refractivity contribution is 8.93. The number of fused-ring (bicyclic) bond motifs is 1. The van der Waals surface area contributed by atoms with E-state index >= 15 is 0 Å². The Balaban J connectivity index is 0.00000128. The quantitative estimate of drug-likeness (QED) is 0.702. The molecule has 0 aromatic heterocycles. The molecular weight excluding hydrogens is 276 g/mol. The van der Waals surface area contributed by atoms with Crippen molar-refractivity contribution in [2.75, 3.05) is 0 Å². The Morgan fingerprint density at radius 1 is 1.31 bits per heavy atom. The summed E-state index contributed by atoms with van der Waals surface area (Å²) in [6, 6.07) is 5.02. The molecule has 0 bridgehead atoms. The molecule has 0 fully saturated rings. The second-order valence-electron chi connectivity index (χ2n) is 3.39. The summed E-state index contributed by atoms with van der Waals surface area (Å²) in [5.41, 5.74) is 6.78. The first-order chi connectivity index (χ1) is 7.11. The molecule has 0 spiro atoms. The van der Waals surface area contributed by atoms with Crippen LogP contribution in [0.5, 0.6) is 0 Å². The van der Waals surface area contributed by atoms with Crippen LogP contribution < -0.4 is 11.1 Å². The van der Waals surface area contributed by atoms with E-state index in [9.17, 15) is 9.59 Å². The zero-order chi connectivity index (χ0) is 11.0. The van der Waals surface area contributed by atoms with Gasteiger partial charge in [0, 0.05) is 0 Å². The highest BCUT2D eigenvalue weighted by Gasteiger charge is 2.34. The predicted molar refractivity (Wildman–Crippen MR) is 62.2 cm³/mol. The number of carboxylic acids is 1. The van der Waals surface area contributed by atoms with Crippen LogP contribution in [0.25, 0.3) is 0 Å². The Morgan fingerprint density at radius 3 is 2.44 bits per heavy atom. The summed E-state index contributed by atoms with van der Waals surface area (Å²) in [5, 5.41) is 11.3. The van der Waals surface area contributed by atoms with Crippen LogP contribution in [0.1, 0.15) is 23.2 Å². The Bertz CT molecular complexity index is 436. The van der Waals surface area contributed by atoms with Gasteiger partial charge in [-0.15, -0.1) is 17.0 Å². The lowest BCUT2D eigenvalue weighted by Crippen LogP contribution is -2.44. The normalized spacial score (nSPS) is 22.7. The van der Waals surface area contributed by atoms with E-state index < -0.39 is 24.0 Å². The third-order valence-corrected chi connectivity index (χ3v) is 2.46. The summed E-state index contributed by atoms with van der Waals surface area (Å²) in [4.78, 5) is 22.3. The number of carbonyl (C=O) groups is 2. The number of hydrogen-bond acceptors (Lipinski definition) is 3. The third-order valence-electron chi connectivity index (χ3n) is 2.46. The molecule has 1 amide bonds. The summed E-state index contributed by atoms with van der Waals surface area (Å²) in [7, 11) is 0. The largest absolute Gasteiger partial charge is 0.479 e. The van der Waals surface area contributed by atoms with Gasteiger partial charge in [0.15, 0.2) is 6.04 Å². The predicted octanol–water partition coefficient (Wildman–Crippen LogP) is 0.520. The molecule has 1 aromatic rings. The van der Waals surface area contributed by atoms with Crippen LogP contribution in [-0.2, 0) is 9.59 Å². The molecule has 6 heteroatoms. The lowest BCUT2D eigenvalue weighted by Gasteiger charge is -2.27. The van der Waals surface area contributed by atoms with Crippen molar-refractivity contribution in [3.05, 3.63) is 35.4 Å². The van der Waals surface area contributed by atoms with Crippen LogP contribution in [-0.4, -0.2) is 17.0 Å². The number of amides is 1. The van der Waals surface area contributed by atoms with Gasteiger partial charge >= 0.3 is 5.97 Å². The van der Waals surface area contributed by atoms with E-state index in [4.69, 9.17) is 10.8 Å². The number of nitrogens with two attached hydrogens (primary N) is 1. The Morgan fingerprint density at radius 2 is 1.88 bits per heavy atom. The molecule has 1 aliphatic heterocycles. The molecule has 1 heterocycles. The van der Waals surface area contributed by atoms with Gasteiger partial charge in [0.25, 0.3) is 0 Å². The lowest BCUT2D eigenvalue weighted by atomic mass is 9.91. The molecule has 1 aliphatic rings. The van der Waals surface area contributed by atoms with Crippen molar-refractivity contribution in [2.24, 2.45) is 5.73 Å². The summed E-state index contributed by atoms with van der Waals surface area (Å²) in [6.45, 7) is 0. The fourth-order valence-corrected chi connectivity index (χ4v) is 1.70. The molecule has 4 N–H and O–H groups in total. The Hall–Kier alpha value is -1.40. The van der Waals surface area contributed by atoms with Gasteiger partial charge in [0.05, 0.1) is 0 Å². The number of carboxylic acid groups (broad SMARTS) is 1. The van der Waals surface area contributed by atoms with Crippen LogP contribution >= 0.6 is 17.0 Å². The van der Waals surface area contributed by atoms with Gasteiger partial charge in [-0.05, 0) is 11.1 Å². The zero-order valence-corrected chi connectivity index (χ0v) is 9.93. The number of hydrogen-bond donors (Lipinski definition) is 3. The molecule has 0 radical (unpaired) electrons. The van der Waals surface area contributed by atoms with Crippen LogP contribution in [0.15, 0.2) is 24.3 Å². The molecule has 0 saturated heterocycles. The highest BCUT2D eigenvalue weighted by Crippen LogP contribution is 2.27. The number of halogens is 1. The first-order valence-corrected chi connectivity index (χ1v) is 4.49. The van der Waals surface area contributed by atoms with Gasteiger partial charge in [-0.25, -0.2) is 4.79 Å². The smallest absolute Gasteiger partial charge is 0.330 e. The van der Waals surface area contributed by atoms with Crippen LogP contribution in [0, 0.1) is 0 Å². The minimum atomic E-state index is -1.08. The van der Waals surface area contributed by atoms with E-state index in [1.165, 1.54) is 0 Å². The molecule has 86 valence electrons. The fourth-order valence-electron chi connectivity index (χ4n) is 1.70.